The molecule has 0 radical (unpaired) electrons. The lowest BCUT2D eigenvalue weighted by atomic mass is 9.82. The molecule has 0 heterocycles. The first kappa shape index (κ1) is 16.2. The third-order valence-electron chi connectivity index (χ3n) is 3.85. The van der Waals surface area contributed by atoms with Gasteiger partial charge in [0.1, 0.15) is 0 Å². The molecule has 1 rings (SSSR count). The number of hydrogen-bond acceptors (Lipinski definition) is 2. The van der Waals surface area contributed by atoms with Gasteiger partial charge in [-0.3, -0.25) is 0 Å². The summed E-state index contributed by atoms with van der Waals surface area (Å²) < 4.78 is 0. The molecule has 19 heavy (non-hydrogen) atoms. The molecule has 1 aromatic carbocycles. The topological polar surface area (TPSA) is 23.5 Å². The zero-order chi connectivity index (χ0) is 14.5. The average Bonchev–Trinajstić information content (AvgIpc) is 2.37. The first-order chi connectivity index (χ1) is 8.86. The Morgan fingerprint density at radius 2 is 1.79 bits per heavy atom. The summed E-state index contributed by atoms with van der Waals surface area (Å²) in [5.74, 6) is 0.703. The molecular weight excluding hydrogens is 234 g/mol. The molecule has 0 bridgehead atoms. The molecule has 0 fully saturated rings. The summed E-state index contributed by atoms with van der Waals surface area (Å²) in [6, 6.07) is 9.95. The fourth-order valence-electron chi connectivity index (χ4n) is 2.59. The van der Waals surface area contributed by atoms with Crippen molar-refractivity contribution in [3.05, 3.63) is 35.9 Å². The average molecular weight is 263 g/mol. The third-order valence-corrected chi connectivity index (χ3v) is 3.85. The Bertz CT molecular complexity index is 361. The fourth-order valence-corrected chi connectivity index (χ4v) is 2.59. The Labute approximate surface area is 118 Å². The minimum absolute atomic E-state index is 0.149. The van der Waals surface area contributed by atoms with Gasteiger partial charge in [-0.2, -0.15) is 0 Å². The smallest absolute Gasteiger partial charge is 0.0853 e. The molecular formula is C17H29NO. The molecule has 0 aliphatic rings. The van der Waals surface area contributed by atoms with Crippen LogP contribution in [0.25, 0.3) is 0 Å². The van der Waals surface area contributed by atoms with E-state index in [2.05, 4.69) is 39.6 Å². The lowest BCUT2D eigenvalue weighted by Crippen LogP contribution is -2.37. The van der Waals surface area contributed by atoms with E-state index in [1.165, 1.54) is 6.42 Å². The summed E-state index contributed by atoms with van der Waals surface area (Å²) in [6.45, 7) is 10.8. The fraction of sp³-hybridized carbons (Fsp3) is 0.647. The largest absolute Gasteiger partial charge is 0.388 e. The van der Waals surface area contributed by atoms with Crippen molar-refractivity contribution in [1.29, 1.82) is 0 Å². The zero-order valence-corrected chi connectivity index (χ0v) is 13.1. The number of aliphatic hydroxyl groups is 1. The number of hydrogen-bond donors (Lipinski definition) is 1. The number of aliphatic hydroxyl groups excluding tert-OH is 1. The van der Waals surface area contributed by atoms with Crippen LogP contribution in [0.15, 0.2) is 30.3 Å². The molecule has 2 heteroatoms. The predicted molar refractivity (Wildman–Crippen MR) is 82.1 cm³/mol. The SMILES string of the molecule is CCC(C)CN(C)CC(C)(C)C(O)c1ccccc1. The van der Waals surface area contributed by atoms with E-state index in [1.807, 2.05) is 30.3 Å². The van der Waals surface area contributed by atoms with E-state index in [1.54, 1.807) is 0 Å². The highest BCUT2D eigenvalue weighted by Crippen LogP contribution is 2.33. The molecule has 2 nitrogen and oxygen atoms in total. The van der Waals surface area contributed by atoms with Gasteiger partial charge in [-0.15, -0.1) is 0 Å². The molecule has 2 unspecified atom stereocenters. The van der Waals surface area contributed by atoms with Gasteiger partial charge in [0.25, 0.3) is 0 Å². The molecule has 0 saturated heterocycles. The molecule has 1 aromatic rings. The van der Waals surface area contributed by atoms with Crippen molar-refractivity contribution >= 4 is 0 Å². The van der Waals surface area contributed by atoms with Crippen molar-refractivity contribution in [2.24, 2.45) is 11.3 Å². The summed E-state index contributed by atoms with van der Waals surface area (Å²) in [6.07, 6.45) is 0.777. The van der Waals surface area contributed by atoms with Crippen LogP contribution in [0.1, 0.15) is 45.8 Å². The zero-order valence-electron chi connectivity index (χ0n) is 13.1. The lowest BCUT2D eigenvalue weighted by molar-refractivity contribution is 0.0233. The van der Waals surface area contributed by atoms with Crippen LogP contribution in [0, 0.1) is 11.3 Å². The molecule has 0 amide bonds. The predicted octanol–water partition coefficient (Wildman–Crippen LogP) is 3.72. The second-order valence-corrected chi connectivity index (χ2v) is 6.51. The minimum atomic E-state index is -0.423. The van der Waals surface area contributed by atoms with E-state index >= 15 is 0 Å². The van der Waals surface area contributed by atoms with Gasteiger partial charge in [0.05, 0.1) is 6.10 Å². The molecule has 0 aliphatic carbocycles. The molecule has 0 aliphatic heterocycles. The van der Waals surface area contributed by atoms with Crippen LogP contribution in [0.3, 0.4) is 0 Å². The maximum Gasteiger partial charge on any atom is 0.0853 e. The maximum absolute atomic E-state index is 10.6. The van der Waals surface area contributed by atoms with E-state index in [-0.39, 0.29) is 5.41 Å². The van der Waals surface area contributed by atoms with Gasteiger partial charge >= 0.3 is 0 Å². The third kappa shape index (κ3) is 4.96. The van der Waals surface area contributed by atoms with Crippen LogP contribution in [0.2, 0.25) is 0 Å². The van der Waals surface area contributed by atoms with Gasteiger partial charge in [-0.05, 0) is 18.5 Å². The number of benzene rings is 1. The first-order valence-corrected chi connectivity index (χ1v) is 7.28. The quantitative estimate of drug-likeness (QED) is 0.810. The van der Waals surface area contributed by atoms with Crippen molar-refractivity contribution in [3.63, 3.8) is 0 Å². The normalized spacial score (nSPS) is 15.5. The van der Waals surface area contributed by atoms with E-state index in [4.69, 9.17) is 0 Å². The highest BCUT2D eigenvalue weighted by atomic mass is 16.3. The van der Waals surface area contributed by atoms with Crippen LogP contribution < -0.4 is 0 Å². The van der Waals surface area contributed by atoms with E-state index in [0.717, 1.165) is 18.7 Å². The molecule has 0 spiro atoms. The second-order valence-electron chi connectivity index (χ2n) is 6.51. The molecule has 108 valence electrons. The van der Waals surface area contributed by atoms with Gasteiger partial charge in [0.15, 0.2) is 0 Å². The van der Waals surface area contributed by atoms with Crippen LogP contribution >= 0.6 is 0 Å². The summed E-state index contributed by atoms with van der Waals surface area (Å²) in [5.41, 5.74) is 0.855. The van der Waals surface area contributed by atoms with Crippen LogP contribution in [0.5, 0.6) is 0 Å². The van der Waals surface area contributed by atoms with Crippen molar-refractivity contribution in [3.8, 4) is 0 Å². The molecule has 0 aromatic heterocycles. The summed E-state index contributed by atoms with van der Waals surface area (Å²) in [7, 11) is 2.14. The van der Waals surface area contributed by atoms with E-state index in [9.17, 15) is 5.11 Å². The van der Waals surface area contributed by atoms with Crippen molar-refractivity contribution in [2.45, 2.75) is 40.2 Å². The Morgan fingerprint density at radius 1 is 1.21 bits per heavy atom. The highest BCUT2D eigenvalue weighted by Gasteiger charge is 2.30. The van der Waals surface area contributed by atoms with E-state index in [0.29, 0.717) is 5.92 Å². The Kier molecular flexibility index (Phi) is 6.02. The number of rotatable bonds is 7. The van der Waals surface area contributed by atoms with Gasteiger partial charge in [0.2, 0.25) is 0 Å². The van der Waals surface area contributed by atoms with Crippen molar-refractivity contribution in [2.75, 3.05) is 20.1 Å². The van der Waals surface area contributed by atoms with Gasteiger partial charge in [0, 0.05) is 18.5 Å². The molecule has 2 atom stereocenters. The van der Waals surface area contributed by atoms with Crippen LogP contribution in [-0.2, 0) is 0 Å². The summed E-state index contributed by atoms with van der Waals surface area (Å²) >= 11 is 0. The second kappa shape index (κ2) is 7.06. The summed E-state index contributed by atoms with van der Waals surface area (Å²) in [5, 5.41) is 10.6. The molecule has 0 saturated carbocycles. The molecule has 1 N–H and O–H groups in total. The van der Waals surface area contributed by atoms with Gasteiger partial charge in [-0.1, -0.05) is 64.4 Å². The first-order valence-electron chi connectivity index (χ1n) is 7.28. The van der Waals surface area contributed by atoms with Gasteiger partial charge in [-0.25, -0.2) is 0 Å². The Hall–Kier alpha value is -0.860. The van der Waals surface area contributed by atoms with Crippen LogP contribution in [-0.4, -0.2) is 30.1 Å². The van der Waals surface area contributed by atoms with E-state index < -0.39 is 6.10 Å². The summed E-state index contributed by atoms with van der Waals surface area (Å²) in [4.78, 5) is 2.33. The standard InChI is InChI=1S/C17H29NO/c1-6-14(2)12-18(5)13-17(3,4)16(19)15-10-8-7-9-11-15/h7-11,14,16,19H,6,12-13H2,1-5H3. The Balaban J connectivity index is 2.64. The number of nitrogens with zero attached hydrogens (tertiary/aromatic N) is 1. The monoisotopic (exact) mass is 263 g/mol. The highest BCUT2D eigenvalue weighted by molar-refractivity contribution is 5.19. The van der Waals surface area contributed by atoms with Crippen molar-refractivity contribution in [1.82, 2.24) is 4.90 Å². The van der Waals surface area contributed by atoms with Gasteiger partial charge < -0.3 is 10.0 Å². The van der Waals surface area contributed by atoms with Crippen LogP contribution in [0.4, 0.5) is 0 Å². The van der Waals surface area contributed by atoms with Crippen molar-refractivity contribution < 1.29 is 5.11 Å². The Morgan fingerprint density at radius 3 is 2.32 bits per heavy atom. The lowest BCUT2D eigenvalue weighted by Gasteiger charge is -2.35. The maximum atomic E-state index is 10.6. The minimum Gasteiger partial charge on any atom is -0.388 e.